The third-order valence-corrected chi connectivity index (χ3v) is 6.88. The molecule has 7 nitrogen and oxygen atoms in total. The van der Waals surface area contributed by atoms with Crippen LogP contribution in [0.4, 0.5) is 0 Å². The second kappa shape index (κ2) is 8.18. The van der Waals surface area contributed by atoms with E-state index in [-0.39, 0.29) is 35.4 Å². The Bertz CT molecular complexity index is 750. The maximum absolute atomic E-state index is 12.7. The first-order chi connectivity index (χ1) is 12.1. The lowest BCUT2D eigenvalue weighted by atomic mass is 9.94. The molecule has 1 fully saturated rings. The minimum atomic E-state index is -3.69. The lowest BCUT2D eigenvalue weighted by Crippen LogP contribution is -2.50. The lowest BCUT2D eigenvalue weighted by molar-refractivity contribution is -0.133. The molecule has 144 valence electrons. The van der Waals surface area contributed by atoms with E-state index in [9.17, 15) is 18.0 Å². The standard InChI is InChI=1S/C18H26N2O5S/c1-13(2)14(3)12-17(21)19-8-10-20(11-9-19)26(24,25)16-6-4-15(5-7-16)18(22)23/h4-7,13-14H,8-12H2,1-3H3,(H,22,23). The predicted molar refractivity (Wildman–Crippen MR) is 97.4 cm³/mol. The molecule has 0 bridgehead atoms. The number of piperazine rings is 1. The summed E-state index contributed by atoms with van der Waals surface area (Å²) in [4.78, 5) is 25.0. The van der Waals surface area contributed by atoms with E-state index in [1.165, 1.54) is 28.6 Å². The maximum Gasteiger partial charge on any atom is 0.335 e. The van der Waals surface area contributed by atoms with Gasteiger partial charge in [-0.2, -0.15) is 4.31 Å². The van der Waals surface area contributed by atoms with E-state index in [0.717, 1.165) is 0 Å². The zero-order valence-electron chi connectivity index (χ0n) is 15.4. The van der Waals surface area contributed by atoms with Gasteiger partial charge in [0.2, 0.25) is 15.9 Å². The first-order valence-corrected chi connectivity index (χ1v) is 10.2. The van der Waals surface area contributed by atoms with E-state index >= 15 is 0 Å². The normalized spacial score (nSPS) is 17.3. The third kappa shape index (κ3) is 4.62. The predicted octanol–water partition coefficient (Wildman–Crippen LogP) is 1.90. The third-order valence-electron chi connectivity index (χ3n) is 4.97. The SMILES string of the molecule is CC(C)C(C)CC(=O)N1CCN(S(=O)(=O)c2ccc(C(=O)O)cc2)CC1. The molecule has 0 saturated carbocycles. The van der Waals surface area contributed by atoms with Crippen LogP contribution in [0.2, 0.25) is 0 Å². The molecule has 1 atom stereocenters. The van der Waals surface area contributed by atoms with Crippen LogP contribution in [0.1, 0.15) is 37.6 Å². The first kappa shape index (κ1) is 20.4. The number of amides is 1. The number of carbonyl (C=O) groups excluding carboxylic acids is 1. The molecule has 1 N–H and O–H groups in total. The van der Waals surface area contributed by atoms with Crippen LogP contribution in [0.25, 0.3) is 0 Å². The summed E-state index contributed by atoms with van der Waals surface area (Å²) < 4.78 is 26.7. The van der Waals surface area contributed by atoms with Crippen LogP contribution in [0.5, 0.6) is 0 Å². The Morgan fingerprint density at radius 1 is 1.04 bits per heavy atom. The van der Waals surface area contributed by atoms with Crippen molar-refractivity contribution in [1.29, 1.82) is 0 Å². The molecule has 2 rings (SSSR count). The highest BCUT2D eigenvalue weighted by Gasteiger charge is 2.30. The average Bonchev–Trinajstić information content (AvgIpc) is 2.61. The van der Waals surface area contributed by atoms with Crippen LogP contribution in [0, 0.1) is 11.8 Å². The van der Waals surface area contributed by atoms with Crippen molar-refractivity contribution in [3.8, 4) is 0 Å². The van der Waals surface area contributed by atoms with Crippen LogP contribution in [0.3, 0.4) is 0 Å². The van der Waals surface area contributed by atoms with Gasteiger partial charge in [0.25, 0.3) is 0 Å². The van der Waals surface area contributed by atoms with Gasteiger partial charge in [-0.05, 0) is 36.1 Å². The number of carbonyl (C=O) groups is 2. The van der Waals surface area contributed by atoms with Crippen molar-refractivity contribution in [2.24, 2.45) is 11.8 Å². The van der Waals surface area contributed by atoms with Gasteiger partial charge in [0.05, 0.1) is 10.5 Å². The fraction of sp³-hybridized carbons (Fsp3) is 0.556. The molecular formula is C18H26N2O5S. The topological polar surface area (TPSA) is 95.0 Å². The van der Waals surface area contributed by atoms with Gasteiger partial charge in [-0.1, -0.05) is 20.8 Å². The van der Waals surface area contributed by atoms with E-state index < -0.39 is 16.0 Å². The Kier molecular flexibility index (Phi) is 6.41. The molecule has 1 amide bonds. The zero-order chi connectivity index (χ0) is 19.5. The summed E-state index contributed by atoms with van der Waals surface area (Å²) in [7, 11) is -3.69. The van der Waals surface area contributed by atoms with Crippen molar-refractivity contribution in [3.63, 3.8) is 0 Å². The van der Waals surface area contributed by atoms with Gasteiger partial charge in [-0.3, -0.25) is 4.79 Å². The number of nitrogens with zero attached hydrogens (tertiary/aromatic N) is 2. The van der Waals surface area contributed by atoms with Gasteiger partial charge in [0, 0.05) is 32.6 Å². The Morgan fingerprint density at radius 3 is 2.04 bits per heavy atom. The lowest BCUT2D eigenvalue weighted by Gasteiger charge is -2.34. The molecular weight excluding hydrogens is 356 g/mol. The summed E-state index contributed by atoms with van der Waals surface area (Å²) in [6.45, 7) is 7.43. The van der Waals surface area contributed by atoms with Crippen molar-refractivity contribution in [3.05, 3.63) is 29.8 Å². The number of sulfonamides is 1. The molecule has 26 heavy (non-hydrogen) atoms. The van der Waals surface area contributed by atoms with Gasteiger partial charge >= 0.3 is 5.97 Å². The van der Waals surface area contributed by atoms with Crippen LogP contribution < -0.4 is 0 Å². The van der Waals surface area contributed by atoms with E-state index in [2.05, 4.69) is 13.8 Å². The van der Waals surface area contributed by atoms with Crippen LogP contribution in [0.15, 0.2) is 29.2 Å². The first-order valence-electron chi connectivity index (χ1n) is 8.74. The van der Waals surface area contributed by atoms with E-state index in [1.807, 2.05) is 6.92 Å². The number of aromatic carboxylic acids is 1. The summed E-state index contributed by atoms with van der Waals surface area (Å²) in [5, 5.41) is 8.91. The summed E-state index contributed by atoms with van der Waals surface area (Å²) in [5.74, 6) is -0.322. The Balaban J connectivity index is 2.00. The molecule has 1 aromatic rings. The van der Waals surface area contributed by atoms with Crippen LogP contribution in [-0.2, 0) is 14.8 Å². The number of hydrogen-bond donors (Lipinski definition) is 1. The molecule has 0 spiro atoms. The van der Waals surface area contributed by atoms with Gasteiger partial charge in [-0.25, -0.2) is 13.2 Å². The monoisotopic (exact) mass is 382 g/mol. The highest BCUT2D eigenvalue weighted by Crippen LogP contribution is 2.20. The van der Waals surface area contributed by atoms with E-state index in [1.54, 1.807) is 4.90 Å². The minimum Gasteiger partial charge on any atom is -0.478 e. The second-order valence-corrected chi connectivity index (χ2v) is 8.98. The molecule has 0 aromatic heterocycles. The number of carboxylic acid groups (broad SMARTS) is 1. The highest BCUT2D eigenvalue weighted by molar-refractivity contribution is 7.89. The Labute approximate surface area is 154 Å². The fourth-order valence-electron chi connectivity index (χ4n) is 2.74. The molecule has 1 aromatic carbocycles. The molecule has 0 aliphatic carbocycles. The number of rotatable bonds is 6. The molecule has 1 heterocycles. The van der Waals surface area contributed by atoms with Gasteiger partial charge < -0.3 is 10.0 Å². The molecule has 1 unspecified atom stereocenters. The Hall–Kier alpha value is -1.93. The number of hydrogen-bond acceptors (Lipinski definition) is 4. The molecule has 1 aliphatic heterocycles. The second-order valence-electron chi connectivity index (χ2n) is 7.04. The fourth-order valence-corrected chi connectivity index (χ4v) is 4.16. The van der Waals surface area contributed by atoms with Gasteiger partial charge in [0.1, 0.15) is 0 Å². The van der Waals surface area contributed by atoms with E-state index in [4.69, 9.17) is 5.11 Å². The zero-order valence-corrected chi connectivity index (χ0v) is 16.2. The maximum atomic E-state index is 12.7. The van der Waals surface area contributed by atoms with Crippen molar-refractivity contribution >= 4 is 21.9 Å². The van der Waals surface area contributed by atoms with Crippen molar-refractivity contribution < 1.29 is 23.1 Å². The quantitative estimate of drug-likeness (QED) is 0.811. The molecule has 0 radical (unpaired) electrons. The average molecular weight is 382 g/mol. The largest absolute Gasteiger partial charge is 0.478 e. The number of carboxylic acids is 1. The summed E-state index contributed by atoms with van der Waals surface area (Å²) in [6, 6.07) is 5.17. The van der Waals surface area contributed by atoms with Crippen molar-refractivity contribution in [1.82, 2.24) is 9.21 Å². The number of benzene rings is 1. The summed E-state index contributed by atoms with van der Waals surface area (Å²) >= 11 is 0. The molecule has 1 aliphatic rings. The Morgan fingerprint density at radius 2 is 1.58 bits per heavy atom. The minimum absolute atomic E-state index is 0.0404. The van der Waals surface area contributed by atoms with Crippen LogP contribution in [-0.4, -0.2) is 60.8 Å². The molecule has 8 heteroatoms. The molecule has 1 saturated heterocycles. The van der Waals surface area contributed by atoms with Crippen LogP contribution >= 0.6 is 0 Å². The summed E-state index contributed by atoms with van der Waals surface area (Å²) in [5.41, 5.74) is 0.0404. The van der Waals surface area contributed by atoms with Crippen molar-refractivity contribution in [2.45, 2.75) is 32.1 Å². The summed E-state index contributed by atoms with van der Waals surface area (Å²) in [6.07, 6.45) is 0.473. The van der Waals surface area contributed by atoms with Crippen molar-refractivity contribution in [2.75, 3.05) is 26.2 Å². The smallest absolute Gasteiger partial charge is 0.335 e. The highest BCUT2D eigenvalue weighted by atomic mass is 32.2. The van der Waals surface area contributed by atoms with E-state index in [0.29, 0.717) is 25.4 Å². The van der Waals surface area contributed by atoms with Gasteiger partial charge in [-0.15, -0.1) is 0 Å². The van der Waals surface area contributed by atoms with Gasteiger partial charge in [0.15, 0.2) is 0 Å².